The zero-order valence-electron chi connectivity index (χ0n) is 21.0. The summed E-state index contributed by atoms with van der Waals surface area (Å²) in [7, 11) is 0. The van der Waals surface area contributed by atoms with Crippen LogP contribution in [0.15, 0.2) is 42.6 Å². The van der Waals surface area contributed by atoms with Gasteiger partial charge in [0.05, 0.1) is 11.8 Å². The first-order chi connectivity index (χ1) is 16.9. The fraction of sp³-hybridized carbons (Fsp3) is 0.393. The molecule has 0 radical (unpaired) electrons. The number of benzene rings is 2. The van der Waals surface area contributed by atoms with E-state index in [0.29, 0.717) is 16.7 Å². The number of aromatic amines is 1. The molecule has 0 saturated carbocycles. The molecule has 3 heterocycles. The number of carboxylic acid groups (broad SMARTS) is 1. The predicted octanol–water partition coefficient (Wildman–Crippen LogP) is 3.60. The van der Waals surface area contributed by atoms with Gasteiger partial charge < -0.3 is 15.2 Å². The van der Waals surface area contributed by atoms with E-state index in [9.17, 15) is 24.6 Å². The van der Waals surface area contributed by atoms with Crippen LogP contribution in [0.2, 0.25) is 0 Å². The first-order valence-corrected chi connectivity index (χ1v) is 12.1. The zero-order chi connectivity index (χ0) is 26.2. The Hall–Kier alpha value is -3.65. The van der Waals surface area contributed by atoms with Crippen molar-refractivity contribution in [1.29, 1.82) is 0 Å². The lowest BCUT2D eigenvalue weighted by atomic mass is 9.76. The number of carboxylic acids is 1. The van der Waals surface area contributed by atoms with Crippen molar-refractivity contribution in [1.82, 2.24) is 15.2 Å². The lowest BCUT2D eigenvalue weighted by Crippen LogP contribution is -2.58. The normalized spacial score (nSPS) is 26.1. The number of phenols is 1. The van der Waals surface area contributed by atoms with Gasteiger partial charge >= 0.3 is 5.97 Å². The average molecular weight is 490 g/mol. The van der Waals surface area contributed by atoms with E-state index < -0.39 is 40.8 Å². The summed E-state index contributed by atoms with van der Waals surface area (Å²) >= 11 is 0. The van der Waals surface area contributed by atoms with Gasteiger partial charge in [0, 0.05) is 35.1 Å². The smallest absolute Gasteiger partial charge is 0.325 e. The highest BCUT2D eigenvalue weighted by Crippen LogP contribution is 2.52. The number of amides is 2. The van der Waals surface area contributed by atoms with Gasteiger partial charge in [-0.1, -0.05) is 30.3 Å². The Bertz CT molecular complexity index is 1400. The number of H-pyrrole nitrogens is 1. The number of imide groups is 1. The van der Waals surface area contributed by atoms with Crippen LogP contribution in [-0.2, 0) is 20.8 Å². The molecule has 2 aliphatic rings. The zero-order valence-corrected chi connectivity index (χ0v) is 21.0. The van der Waals surface area contributed by atoms with Gasteiger partial charge in [-0.05, 0) is 62.9 Å². The van der Waals surface area contributed by atoms with Crippen LogP contribution in [0.4, 0.5) is 0 Å². The molecule has 4 unspecified atom stereocenters. The SMILES string of the molecule is Cc1cc(C2NC(Cc3c[nH]c4ccccc34)(C(=O)O)C3C(=O)N(C(C)(C)C)C(=O)C23)cc(C)c1O. The maximum atomic E-state index is 13.9. The minimum atomic E-state index is -1.70. The Morgan fingerprint density at radius 3 is 2.33 bits per heavy atom. The predicted molar refractivity (Wildman–Crippen MR) is 134 cm³/mol. The molecule has 2 fully saturated rings. The third-order valence-corrected chi connectivity index (χ3v) is 7.72. The number of aromatic hydroxyl groups is 1. The molecule has 2 aromatic carbocycles. The highest BCUT2D eigenvalue weighted by molar-refractivity contribution is 6.10. The molecule has 0 bridgehead atoms. The fourth-order valence-corrected chi connectivity index (χ4v) is 6.13. The van der Waals surface area contributed by atoms with Gasteiger partial charge in [-0.3, -0.25) is 24.6 Å². The molecule has 1 aromatic heterocycles. The maximum absolute atomic E-state index is 13.9. The van der Waals surface area contributed by atoms with Crippen molar-refractivity contribution < 1.29 is 24.6 Å². The third kappa shape index (κ3) is 3.35. The number of carbonyl (C=O) groups excluding carboxylic acids is 2. The molecular formula is C28H31N3O5. The minimum Gasteiger partial charge on any atom is -0.507 e. The Labute approximate surface area is 209 Å². The number of rotatable bonds is 4. The molecule has 0 spiro atoms. The molecule has 0 aliphatic carbocycles. The molecule has 4 N–H and O–H groups in total. The molecule has 4 atom stereocenters. The van der Waals surface area contributed by atoms with Crippen LogP contribution in [-0.4, -0.2) is 49.0 Å². The van der Waals surface area contributed by atoms with E-state index in [-0.39, 0.29) is 18.1 Å². The van der Waals surface area contributed by atoms with Gasteiger partial charge in [0.1, 0.15) is 11.3 Å². The van der Waals surface area contributed by atoms with E-state index in [2.05, 4.69) is 10.3 Å². The third-order valence-electron chi connectivity index (χ3n) is 7.72. The van der Waals surface area contributed by atoms with Crippen molar-refractivity contribution in [3.8, 4) is 5.75 Å². The lowest BCUT2D eigenvalue weighted by Gasteiger charge is -2.35. The average Bonchev–Trinajstić information content (AvgIpc) is 3.44. The highest BCUT2D eigenvalue weighted by Gasteiger charge is 2.69. The van der Waals surface area contributed by atoms with Gasteiger partial charge in [-0.2, -0.15) is 0 Å². The number of aryl methyl sites for hydroxylation is 2. The minimum absolute atomic E-state index is 0.0249. The molecule has 188 valence electrons. The van der Waals surface area contributed by atoms with Crippen LogP contribution >= 0.6 is 0 Å². The maximum Gasteiger partial charge on any atom is 0.325 e. The second kappa shape index (κ2) is 7.93. The summed E-state index contributed by atoms with van der Waals surface area (Å²) in [5.41, 5.74) is 1.05. The van der Waals surface area contributed by atoms with Crippen LogP contribution < -0.4 is 5.32 Å². The monoisotopic (exact) mass is 489 g/mol. The van der Waals surface area contributed by atoms with E-state index in [1.165, 1.54) is 4.90 Å². The van der Waals surface area contributed by atoms with E-state index in [4.69, 9.17) is 0 Å². The van der Waals surface area contributed by atoms with E-state index in [0.717, 1.165) is 16.5 Å². The summed E-state index contributed by atoms with van der Waals surface area (Å²) in [6, 6.07) is 10.4. The summed E-state index contributed by atoms with van der Waals surface area (Å²) in [5, 5.41) is 25.2. The molecular weight excluding hydrogens is 458 g/mol. The number of carbonyl (C=O) groups is 3. The Balaban J connectivity index is 1.70. The fourth-order valence-electron chi connectivity index (χ4n) is 6.13. The van der Waals surface area contributed by atoms with Crippen LogP contribution in [0.3, 0.4) is 0 Å². The van der Waals surface area contributed by atoms with Crippen LogP contribution in [0.5, 0.6) is 5.75 Å². The number of hydrogen-bond acceptors (Lipinski definition) is 5. The number of aromatic nitrogens is 1. The first kappa shape index (κ1) is 24.1. The molecule has 36 heavy (non-hydrogen) atoms. The van der Waals surface area contributed by atoms with Crippen LogP contribution in [0, 0.1) is 25.7 Å². The van der Waals surface area contributed by atoms with E-state index in [1.807, 2.05) is 24.3 Å². The number of fused-ring (bicyclic) bond motifs is 2. The number of nitrogens with zero attached hydrogens (tertiary/aromatic N) is 1. The van der Waals surface area contributed by atoms with Crippen molar-refractivity contribution >= 4 is 28.7 Å². The van der Waals surface area contributed by atoms with Crippen LogP contribution in [0.25, 0.3) is 10.9 Å². The Morgan fingerprint density at radius 2 is 1.72 bits per heavy atom. The van der Waals surface area contributed by atoms with Gasteiger partial charge in [-0.15, -0.1) is 0 Å². The van der Waals surface area contributed by atoms with Crippen molar-refractivity contribution in [2.75, 3.05) is 0 Å². The molecule has 2 saturated heterocycles. The van der Waals surface area contributed by atoms with Crippen LogP contribution in [0.1, 0.15) is 49.1 Å². The summed E-state index contributed by atoms with van der Waals surface area (Å²) in [6.45, 7) is 8.87. The van der Waals surface area contributed by atoms with E-state index >= 15 is 0 Å². The summed E-state index contributed by atoms with van der Waals surface area (Å²) in [6.07, 6.45) is 1.80. The van der Waals surface area contributed by atoms with Gasteiger partial charge in [0.25, 0.3) is 0 Å². The summed E-state index contributed by atoms with van der Waals surface area (Å²) < 4.78 is 0. The van der Waals surface area contributed by atoms with Crippen molar-refractivity contribution in [2.45, 2.75) is 58.2 Å². The van der Waals surface area contributed by atoms with Gasteiger partial charge in [-0.25, -0.2) is 0 Å². The van der Waals surface area contributed by atoms with E-state index in [1.54, 1.807) is 52.9 Å². The standard InChI is InChI=1S/C28H31N3O5/c1-14-10-16(11-15(2)23(14)32)22-20-21(25(34)31(24(20)33)27(3,4)5)28(30-22,26(35)36)12-17-13-29-19-9-7-6-8-18(17)19/h6-11,13,20-22,29-30,32H,12H2,1-5H3,(H,35,36). The quantitative estimate of drug-likeness (QED) is 0.416. The van der Waals surface area contributed by atoms with Crippen molar-refractivity contribution in [3.05, 3.63) is 64.8 Å². The largest absolute Gasteiger partial charge is 0.507 e. The summed E-state index contributed by atoms with van der Waals surface area (Å²) in [4.78, 5) is 45.2. The Kier molecular flexibility index (Phi) is 5.30. The number of para-hydroxylation sites is 1. The molecule has 8 nitrogen and oxygen atoms in total. The Morgan fingerprint density at radius 1 is 1.08 bits per heavy atom. The number of likely N-dealkylation sites (tertiary alicyclic amines) is 1. The highest BCUT2D eigenvalue weighted by atomic mass is 16.4. The number of phenolic OH excluding ortho intramolecular Hbond substituents is 1. The van der Waals surface area contributed by atoms with Crippen molar-refractivity contribution in [3.63, 3.8) is 0 Å². The van der Waals surface area contributed by atoms with Crippen molar-refractivity contribution in [2.24, 2.45) is 11.8 Å². The molecule has 3 aromatic rings. The first-order valence-electron chi connectivity index (χ1n) is 12.1. The number of aliphatic carboxylic acids is 1. The summed E-state index contributed by atoms with van der Waals surface area (Å²) in [5.74, 6) is -3.84. The van der Waals surface area contributed by atoms with Gasteiger partial charge in [0.15, 0.2) is 0 Å². The number of nitrogens with one attached hydrogen (secondary N) is 2. The topological polar surface area (TPSA) is 123 Å². The second-order valence-electron chi connectivity index (χ2n) is 11.1. The molecule has 2 aliphatic heterocycles. The lowest BCUT2D eigenvalue weighted by molar-refractivity contribution is -0.153. The molecule has 5 rings (SSSR count). The number of hydrogen-bond donors (Lipinski definition) is 4. The second-order valence-corrected chi connectivity index (χ2v) is 11.1. The molecule has 2 amide bonds. The molecule has 8 heteroatoms. The van der Waals surface area contributed by atoms with Gasteiger partial charge in [0.2, 0.25) is 11.8 Å².